The summed E-state index contributed by atoms with van der Waals surface area (Å²) >= 11 is 6.19. The third kappa shape index (κ3) is 9.09. The number of rotatable bonds is 13. The van der Waals surface area contributed by atoms with Gasteiger partial charge < -0.3 is 39.6 Å². The molecule has 6 rings (SSSR count). The van der Waals surface area contributed by atoms with Gasteiger partial charge in [-0.2, -0.15) is 0 Å². The Morgan fingerprint density at radius 3 is 2.47 bits per heavy atom. The van der Waals surface area contributed by atoms with Gasteiger partial charge in [-0.25, -0.2) is 0 Å². The van der Waals surface area contributed by atoms with Crippen LogP contribution in [-0.4, -0.2) is 104 Å². The van der Waals surface area contributed by atoms with Crippen LogP contribution in [0.2, 0.25) is 5.02 Å². The number of benzene rings is 2. The number of carbonyl (C=O) groups is 4. The first kappa shape index (κ1) is 38.4. The van der Waals surface area contributed by atoms with E-state index in [1.165, 1.54) is 33.4 Å². The molecule has 3 aromatic rings. The maximum absolute atomic E-state index is 14.2. The van der Waals surface area contributed by atoms with Crippen LogP contribution in [0.15, 0.2) is 42.6 Å². The quantitative estimate of drug-likeness (QED) is 0.227. The highest BCUT2D eigenvalue weighted by molar-refractivity contribution is 6.31. The van der Waals surface area contributed by atoms with Gasteiger partial charge in [0.2, 0.25) is 17.7 Å². The van der Waals surface area contributed by atoms with Gasteiger partial charge in [0.05, 0.1) is 32.2 Å². The van der Waals surface area contributed by atoms with E-state index in [4.69, 9.17) is 25.8 Å². The SMILES string of the molecule is CNC(=O)C(COCC1CCCCC1)NC(=O)C1CN(C(=O)Cc2c[nH]c3cc(Cl)ccc23)CC2CN(C(=O)c3ccc(OC(C)C)c(OC)c3)CC21. The molecule has 3 N–H and O–H groups in total. The highest BCUT2D eigenvalue weighted by atomic mass is 35.5. The van der Waals surface area contributed by atoms with E-state index in [1.807, 2.05) is 32.2 Å². The number of ether oxygens (including phenoxy) is 3. The fraction of sp³-hybridized carbons (Fsp3) is 0.550. The normalized spacial score (nSPS) is 21.0. The molecule has 1 saturated carbocycles. The maximum atomic E-state index is 14.2. The van der Waals surface area contributed by atoms with Crippen molar-refractivity contribution in [3.63, 3.8) is 0 Å². The largest absolute Gasteiger partial charge is 0.493 e. The summed E-state index contributed by atoms with van der Waals surface area (Å²) in [5.74, 6) is -0.555. The molecule has 3 heterocycles. The van der Waals surface area contributed by atoms with Gasteiger partial charge in [-0.3, -0.25) is 19.2 Å². The Morgan fingerprint density at radius 1 is 0.962 bits per heavy atom. The number of likely N-dealkylation sites (tertiary alicyclic amines) is 2. The molecule has 0 bridgehead atoms. The molecule has 4 unspecified atom stereocenters. The Morgan fingerprint density at radius 2 is 1.74 bits per heavy atom. The van der Waals surface area contributed by atoms with Gasteiger partial charge in [-0.05, 0) is 80.3 Å². The average molecular weight is 750 g/mol. The number of hydrogen-bond donors (Lipinski definition) is 3. The second-order valence-corrected chi connectivity index (χ2v) is 15.4. The molecular formula is C40H52ClN5O7. The molecule has 4 amide bonds. The van der Waals surface area contributed by atoms with E-state index in [0.29, 0.717) is 54.2 Å². The molecule has 2 aromatic carbocycles. The summed E-state index contributed by atoms with van der Waals surface area (Å²) in [5, 5.41) is 7.14. The van der Waals surface area contributed by atoms with Gasteiger partial charge in [0.1, 0.15) is 6.04 Å². The molecule has 0 spiro atoms. The number of nitrogens with one attached hydrogen (secondary N) is 3. The van der Waals surface area contributed by atoms with Gasteiger partial charge in [0, 0.05) is 67.5 Å². The van der Waals surface area contributed by atoms with E-state index in [-0.39, 0.29) is 61.1 Å². The zero-order valence-electron chi connectivity index (χ0n) is 31.1. The molecule has 0 radical (unpaired) electrons. The molecule has 1 aromatic heterocycles. The average Bonchev–Trinajstić information content (AvgIpc) is 3.77. The second-order valence-electron chi connectivity index (χ2n) is 15.0. The van der Waals surface area contributed by atoms with E-state index in [0.717, 1.165) is 29.3 Å². The van der Waals surface area contributed by atoms with Crippen molar-refractivity contribution in [3.8, 4) is 11.5 Å². The molecule has 1 aliphatic carbocycles. The monoisotopic (exact) mass is 749 g/mol. The zero-order chi connectivity index (χ0) is 37.6. The van der Waals surface area contributed by atoms with Gasteiger partial charge in [-0.1, -0.05) is 36.9 Å². The molecule has 2 saturated heterocycles. The molecule has 53 heavy (non-hydrogen) atoms. The van der Waals surface area contributed by atoms with Crippen LogP contribution in [0.25, 0.3) is 10.9 Å². The Labute approximate surface area is 316 Å². The number of hydrogen-bond acceptors (Lipinski definition) is 7. The minimum atomic E-state index is -0.892. The minimum absolute atomic E-state index is 0.0545. The smallest absolute Gasteiger partial charge is 0.254 e. The number of aromatic nitrogens is 1. The van der Waals surface area contributed by atoms with E-state index < -0.39 is 12.0 Å². The molecule has 3 aliphatic rings. The highest BCUT2D eigenvalue weighted by Gasteiger charge is 2.48. The van der Waals surface area contributed by atoms with E-state index in [2.05, 4.69) is 15.6 Å². The molecule has 12 nitrogen and oxygen atoms in total. The van der Waals surface area contributed by atoms with E-state index >= 15 is 0 Å². The van der Waals surface area contributed by atoms with Crippen molar-refractivity contribution < 1.29 is 33.4 Å². The fourth-order valence-electron chi connectivity index (χ4n) is 8.18. The minimum Gasteiger partial charge on any atom is -0.493 e. The zero-order valence-corrected chi connectivity index (χ0v) is 31.9. The first-order valence-corrected chi connectivity index (χ1v) is 19.2. The van der Waals surface area contributed by atoms with Crippen LogP contribution in [0, 0.1) is 23.7 Å². The van der Waals surface area contributed by atoms with Crippen LogP contribution >= 0.6 is 11.6 Å². The molecule has 3 fully saturated rings. The summed E-state index contributed by atoms with van der Waals surface area (Å²) in [4.78, 5) is 61.9. The Kier molecular flexibility index (Phi) is 12.5. The molecular weight excluding hydrogens is 698 g/mol. The number of fused-ring (bicyclic) bond motifs is 2. The van der Waals surface area contributed by atoms with Gasteiger partial charge in [0.15, 0.2) is 11.5 Å². The highest BCUT2D eigenvalue weighted by Crippen LogP contribution is 2.38. The van der Waals surface area contributed by atoms with Crippen molar-refractivity contribution in [2.24, 2.45) is 23.7 Å². The topological polar surface area (TPSA) is 142 Å². The lowest BCUT2D eigenvalue weighted by Crippen LogP contribution is -2.57. The van der Waals surface area contributed by atoms with Gasteiger partial charge >= 0.3 is 0 Å². The number of piperidine rings is 1. The third-order valence-electron chi connectivity index (χ3n) is 10.9. The lowest BCUT2D eigenvalue weighted by Gasteiger charge is -2.40. The molecule has 2 aliphatic heterocycles. The summed E-state index contributed by atoms with van der Waals surface area (Å²) in [7, 11) is 3.07. The third-order valence-corrected chi connectivity index (χ3v) is 11.2. The Bertz CT molecular complexity index is 1790. The maximum Gasteiger partial charge on any atom is 0.254 e. The summed E-state index contributed by atoms with van der Waals surface area (Å²) < 4.78 is 17.4. The second kappa shape index (κ2) is 17.2. The van der Waals surface area contributed by atoms with Crippen LogP contribution < -0.4 is 20.1 Å². The van der Waals surface area contributed by atoms with Crippen molar-refractivity contribution in [1.29, 1.82) is 0 Å². The van der Waals surface area contributed by atoms with Gasteiger partial charge in [0.25, 0.3) is 5.91 Å². The number of amides is 4. The van der Waals surface area contributed by atoms with Gasteiger partial charge in [-0.15, -0.1) is 0 Å². The number of carbonyl (C=O) groups excluding carboxylic acids is 4. The van der Waals surface area contributed by atoms with E-state index in [1.54, 1.807) is 34.1 Å². The Balaban J connectivity index is 1.21. The number of aromatic amines is 1. The summed E-state index contributed by atoms with van der Waals surface area (Å²) in [6, 6.07) is 9.76. The lowest BCUT2D eigenvalue weighted by molar-refractivity contribution is -0.140. The first-order chi connectivity index (χ1) is 25.5. The van der Waals surface area contributed by atoms with Crippen LogP contribution in [0.1, 0.15) is 61.9 Å². The van der Waals surface area contributed by atoms with E-state index in [9.17, 15) is 19.2 Å². The summed E-state index contributed by atoms with van der Waals surface area (Å²) in [6.07, 6.45) is 7.71. The molecule has 4 atom stereocenters. The fourth-order valence-corrected chi connectivity index (χ4v) is 8.35. The lowest BCUT2D eigenvalue weighted by atomic mass is 9.79. The number of nitrogens with zero attached hydrogens (tertiary/aromatic N) is 2. The van der Waals surface area contributed by atoms with Crippen LogP contribution in [0.3, 0.4) is 0 Å². The Hall–Kier alpha value is -4.29. The summed E-state index contributed by atoms with van der Waals surface area (Å²) in [5.41, 5.74) is 2.12. The van der Waals surface area contributed by atoms with Crippen molar-refractivity contribution in [2.75, 3.05) is 53.6 Å². The number of likely N-dealkylation sites (N-methyl/N-ethyl adjacent to an activating group) is 1. The standard InChI is InChI=1S/C40H52ClN5O7/c1-24(2)53-35-13-10-26(14-36(35)51-4)40(50)46-19-28-18-45(37(47)15-27-17-43-33-16-29(41)11-12-30(27)33)21-32(31(28)20-46)38(48)44-34(39(49)42-3)23-52-22-25-8-6-5-7-9-25/h10-14,16-17,24-25,28,31-32,34,43H,5-9,15,18-23H2,1-4H3,(H,42,49)(H,44,48). The number of H-pyrrole nitrogens is 1. The van der Waals surface area contributed by atoms with Crippen LogP contribution in [0.5, 0.6) is 11.5 Å². The van der Waals surface area contributed by atoms with Crippen molar-refractivity contribution in [1.82, 2.24) is 25.4 Å². The predicted molar refractivity (Wildman–Crippen MR) is 202 cm³/mol. The molecule has 13 heteroatoms. The predicted octanol–water partition coefficient (Wildman–Crippen LogP) is 4.83. The van der Waals surface area contributed by atoms with Crippen LogP contribution in [-0.2, 0) is 25.5 Å². The molecule has 286 valence electrons. The summed E-state index contributed by atoms with van der Waals surface area (Å²) in [6.45, 7) is 5.72. The van der Waals surface area contributed by atoms with Crippen molar-refractivity contribution in [2.45, 2.75) is 64.5 Å². The van der Waals surface area contributed by atoms with Crippen LogP contribution in [0.4, 0.5) is 0 Å². The number of halogens is 1. The van der Waals surface area contributed by atoms with Crippen molar-refractivity contribution >= 4 is 46.1 Å². The first-order valence-electron chi connectivity index (χ1n) is 18.8. The number of methoxy groups -OCH3 is 1. The van der Waals surface area contributed by atoms with Crippen molar-refractivity contribution in [3.05, 3.63) is 58.7 Å².